The van der Waals surface area contributed by atoms with Crippen molar-refractivity contribution in [1.82, 2.24) is 29.6 Å². The van der Waals surface area contributed by atoms with Gasteiger partial charge in [0, 0.05) is 11.3 Å². The highest BCUT2D eigenvalue weighted by molar-refractivity contribution is 5.98. The molecule has 1 aliphatic heterocycles. The number of nitrogens with zero attached hydrogens (tertiary/aromatic N) is 6. The summed E-state index contributed by atoms with van der Waals surface area (Å²) in [7, 11) is 2.12. The van der Waals surface area contributed by atoms with E-state index < -0.39 is 0 Å². The molecule has 3 N–H and O–H groups in total. The normalized spacial score (nSPS) is 16.6. The monoisotopic (exact) mass is 454 g/mol. The minimum atomic E-state index is 0.165. The first-order chi connectivity index (χ1) is 16.5. The van der Waals surface area contributed by atoms with E-state index in [1.165, 1.54) is 6.33 Å². The molecule has 9 heteroatoms. The maximum atomic E-state index is 6.28. The molecule has 172 valence electrons. The SMILES string of the molecule is Cc1cc(C)c2oc(Nc3ccc(-c4nn(C5CCCN5C)c5ncnc(N)c45)cc3)nc2c1. The number of hydrogen-bond acceptors (Lipinski definition) is 8. The molecule has 1 fully saturated rings. The minimum Gasteiger partial charge on any atom is -0.423 e. The minimum absolute atomic E-state index is 0.165. The van der Waals surface area contributed by atoms with Crippen LogP contribution in [0.25, 0.3) is 33.4 Å². The number of nitrogens with two attached hydrogens (primary N) is 1. The molecule has 0 amide bonds. The van der Waals surface area contributed by atoms with Crippen molar-refractivity contribution < 1.29 is 4.42 Å². The maximum absolute atomic E-state index is 6.28. The van der Waals surface area contributed by atoms with Gasteiger partial charge in [-0.2, -0.15) is 10.1 Å². The van der Waals surface area contributed by atoms with Crippen molar-refractivity contribution in [2.45, 2.75) is 32.9 Å². The number of nitrogens with one attached hydrogen (secondary N) is 1. The van der Waals surface area contributed by atoms with Crippen molar-refractivity contribution in [3.05, 3.63) is 53.9 Å². The predicted molar refractivity (Wildman–Crippen MR) is 133 cm³/mol. The summed E-state index contributed by atoms with van der Waals surface area (Å²) in [5.74, 6) is 0.436. The first-order valence-electron chi connectivity index (χ1n) is 11.4. The third kappa shape index (κ3) is 3.36. The van der Waals surface area contributed by atoms with Gasteiger partial charge in [0.2, 0.25) is 0 Å². The molecular formula is C25H26N8O. The number of fused-ring (bicyclic) bond motifs is 2. The maximum Gasteiger partial charge on any atom is 0.300 e. The molecule has 34 heavy (non-hydrogen) atoms. The molecule has 3 aromatic heterocycles. The third-order valence-corrected chi connectivity index (χ3v) is 6.51. The summed E-state index contributed by atoms with van der Waals surface area (Å²) < 4.78 is 7.93. The number of oxazole rings is 1. The van der Waals surface area contributed by atoms with Gasteiger partial charge in [0.05, 0.1) is 5.39 Å². The third-order valence-electron chi connectivity index (χ3n) is 6.51. The van der Waals surface area contributed by atoms with Gasteiger partial charge >= 0.3 is 0 Å². The lowest BCUT2D eigenvalue weighted by Gasteiger charge is -2.20. The van der Waals surface area contributed by atoms with E-state index in [0.29, 0.717) is 11.8 Å². The fourth-order valence-electron chi connectivity index (χ4n) is 4.87. The van der Waals surface area contributed by atoms with Crippen LogP contribution in [0.5, 0.6) is 0 Å². The molecule has 0 aliphatic carbocycles. The predicted octanol–water partition coefficient (Wildman–Crippen LogP) is 4.80. The fraction of sp³-hybridized carbons (Fsp3) is 0.280. The van der Waals surface area contributed by atoms with E-state index >= 15 is 0 Å². The summed E-state index contributed by atoms with van der Waals surface area (Å²) in [6, 6.07) is 12.6. The van der Waals surface area contributed by atoms with E-state index in [4.69, 9.17) is 15.2 Å². The number of aryl methyl sites for hydroxylation is 2. The van der Waals surface area contributed by atoms with Gasteiger partial charge in [0.15, 0.2) is 11.2 Å². The van der Waals surface area contributed by atoms with Gasteiger partial charge in [0.1, 0.15) is 29.5 Å². The van der Waals surface area contributed by atoms with E-state index in [1.54, 1.807) is 0 Å². The van der Waals surface area contributed by atoms with Gasteiger partial charge in [-0.1, -0.05) is 18.2 Å². The Balaban J connectivity index is 1.35. The largest absolute Gasteiger partial charge is 0.423 e. The average Bonchev–Trinajstić information content (AvgIpc) is 3.51. The molecule has 1 aliphatic rings. The summed E-state index contributed by atoms with van der Waals surface area (Å²) in [5.41, 5.74) is 13.5. The second kappa shape index (κ2) is 7.81. The summed E-state index contributed by atoms with van der Waals surface area (Å²) in [6.07, 6.45) is 3.83. The molecule has 1 saturated heterocycles. The standard InChI is InChI=1S/C25H26N8O/c1-14-11-15(2)22-18(12-14)30-25(34-22)29-17-8-6-16(7-9-17)21-20-23(26)27-13-28-24(20)33(31-21)19-5-4-10-32(19)3/h6-9,11-13,19H,4-5,10H2,1-3H3,(H,29,30)(H2,26,27,28). The highest BCUT2D eigenvalue weighted by Crippen LogP contribution is 2.35. The van der Waals surface area contributed by atoms with Crippen LogP contribution in [0.2, 0.25) is 0 Å². The molecule has 0 spiro atoms. The van der Waals surface area contributed by atoms with Crippen molar-refractivity contribution in [1.29, 1.82) is 0 Å². The molecular weight excluding hydrogens is 428 g/mol. The van der Waals surface area contributed by atoms with Gasteiger partial charge < -0.3 is 15.5 Å². The second-order valence-corrected chi connectivity index (χ2v) is 9.01. The molecule has 1 atom stereocenters. The average molecular weight is 455 g/mol. The number of hydrogen-bond donors (Lipinski definition) is 2. The number of benzene rings is 2. The van der Waals surface area contributed by atoms with Crippen LogP contribution in [0.15, 0.2) is 47.1 Å². The van der Waals surface area contributed by atoms with Crippen LogP contribution >= 0.6 is 0 Å². The summed E-state index contributed by atoms with van der Waals surface area (Å²) in [4.78, 5) is 15.6. The Morgan fingerprint density at radius 3 is 2.71 bits per heavy atom. The van der Waals surface area contributed by atoms with Crippen LogP contribution in [-0.4, -0.2) is 43.2 Å². The molecule has 2 aromatic carbocycles. The van der Waals surface area contributed by atoms with E-state index in [9.17, 15) is 0 Å². The van der Waals surface area contributed by atoms with Crippen LogP contribution in [0.4, 0.5) is 17.5 Å². The fourth-order valence-corrected chi connectivity index (χ4v) is 4.87. The number of anilines is 3. The molecule has 4 heterocycles. The van der Waals surface area contributed by atoms with Crippen molar-refractivity contribution in [3.8, 4) is 11.3 Å². The molecule has 9 nitrogen and oxygen atoms in total. The highest BCUT2D eigenvalue weighted by Gasteiger charge is 2.28. The van der Waals surface area contributed by atoms with Gasteiger partial charge in [-0.25, -0.2) is 14.6 Å². The Labute approximate surface area is 196 Å². The van der Waals surface area contributed by atoms with E-state index in [-0.39, 0.29) is 6.17 Å². The number of aromatic nitrogens is 5. The molecule has 0 saturated carbocycles. The summed E-state index contributed by atoms with van der Waals surface area (Å²) in [6.45, 7) is 5.12. The molecule has 0 radical (unpaired) electrons. The summed E-state index contributed by atoms with van der Waals surface area (Å²) >= 11 is 0. The molecule has 0 bridgehead atoms. The van der Waals surface area contributed by atoms with Crippen LogP contribution in [0.1, 0.15) is 30.1 Å². The Hall–Kier alpha value is -3.98. The Morgan fingerprint density at radius 2 is 1.94 bits per heavy atom. The first kappa shape index (κ1) is 20.6. The van der Waals surface area contributed by atoms with Gasteiger partial charge in [-0.3, -0.25) is 4.90 Å². The summed E-state index contributed by atoms with van der Waals surface area (Å²) in [5, 5.41) is 9.00. The smallest absolute Gasteiger partial charge is 0.300 e. The van der Waals surface area contributed by atoms with Gasteiger partial charge in [0.25, 0.3) is 6.01 Å². The Morgan fingerprint density at radius 1 is 1.12 bits per heavy atom. The number of rotatable bonds is 4. The number of nitrogen functional groups attached to an aromatic ring is 1. The van der Waals surface area contributed by atoms with Gasteiger partial charge in [-0.15, -0.1) is 0 Å². The molecule has 5 aromatic rings. The second-order valence-electron chi connectivity index (χ2n) is 9.01. The van der Waals surface area contributed by atoms with E-state index in [0.717, 1.165) is 69.6 Å². The zero-order valence-electron chi connectivity index (χ0n) is 19.4. The van der Waals surface area contributed by atoms with Crippen LogP contribution in [-0.2, 0) is 0 Å². The lowest BCUT2D eigenvalue weighted by molar-refractivity contribution is 0.226. The Kier molecular flexibility index (Phi) is 4.73. The van der Waals surface area contributed by atoms with Crippen molar-refractivity contribution >= 4 is 39.7 Å². The lowest BCUT2D eigenvalue weighted by atomic mass is 10.1. The zero-order valence-corrected chi connectivity index (χ0v) is 19.4. The van der Waals surface area contributed by atoms with Crippen molar-refractivity contribution in [3.63, 3.8) is 0 Å². The van der Waals surface area contributed by atoms with E-state index in [1.807, 2.05) is 41.9 Å². The quantitative estimate of drug-likeness (QED) is 0.398. The highest BCUT2D eigenvalue weighted by atomic mass is 16.4. The molecule has 6 rings (SSSR count). The number of likely N-dealkylation sites (tertiary alicyclic amines) is 1. The first-order valence-corrected chi connectivity index (χ1v) is 11.4. The van der Waals surface area contributed by atoms with Crippen LogP contribution < -0.4 is 11.1 Å². The van der Waals surface area contributed by atoms with Crippen molar-refractivity contribution in [2.24, 2.45) is 0 Å². The topological polar surface area (TPSA) is 111 Å². The van der Waals surface area contributed by atoms with Crippen LogP contribution in [0, 0.1) is 13.8 Å². The van der Waals surface area contributed by atoms with E-state index in [2.05, 4.69) is 45.2 Å². The Bertz CT molecular complexity index is 1520. The lowest BCUT2D eigenvalue weighted by Crippen LogP contribution is -2.24. The van der Waals surface area contributed by atoms with Crippen molar-refractivity contribution in [2.75, 3.05) is 24.6 Å². The molecule has 1 unspecified atom stereocenters. The van der Waals surface area contributed by atoms with Gasteiger partial charge in [-0.05, 0) is 69.6 Å². The zero-order chi connectivity index (χ0) is 23.4. The van der Waals surface area contributed by atoms with Crippen LogP contribution in [0.3, 0.4) is 0 Å².